The number of H-pyrrole nitrogens is 1. The Morgan fingerprint density at radius 1 is 1.36 bits per heavy atom. The third-order valence-electron chi connectivity index (χ3n) is 4.58. The molecule has 1 atom stereocenters. The van der Waals surface area contributed by atoms with Crippen LogP contribution in [0.3, 0.4) is 0 Å². The van der Waals surface area contributed by atoms with E-state index in [1.54, 1.807) is 19.5 Å². The van der Waals surface area contributed by atoms with Gasteiger partial charge in [-0.05, 0) is 24.6 Å². The van der Waals surface area contributed by atoms with Crippen molar-refractivity contribution in [3.8, 4) is 17.1 Å². The lowest BCUT2D eigenvalue weighted by molar-refractivity contribution is 0.188. The van der Waals surface area contributed by atoms with Crippen LogP contribution in [0.2, 0.25) is 5.02 Å². The van der Waals surface area contributed by atoms with Crippen molar-refractivity contribution < 1.29 is 14.3 Å². The van der Waals surface area contributed by atoms with Crippen molar-refractivity contribution >= 4 is 28.5 Å². The number of carbonyl (C=O) groups excluding carboxylic acids is 1. The van der Waals surface area contributed by atoms with Crippen LogP contribution in [0.1, 0.15) is 12.1 Å². The molecular formula is C19H20ClN5O3. The van der Waals surface area contributed by atoms with Crippen LogP contribution in [0.4, 0.5) is 4.79 Å². The van der Waals surface area contributed by atoms with Crippen LogP contribution in [0.25, 0.3) is 22.2 Å². The van der Waals surface area contributed by atoms with Gasteiger partial charge < -0.3 is 25.1 Å². The fraction of sp³-hybridized carbons (Fsp3) is 0.316. The molecule has 3 aromatic rings. The zero-order chi connectivity index (χ0) is 19.5. The van der Waals surface area contributed by atoms with Crippen LogP contribution in [0, 0.1) is 0 Å². The number of benzene rings is 1. The van der Waals surface area contributed by atoms with E-state index in [1.807, 2.05) is 18.2 Å². The van der Waals surface area contributed by atoms with Crippen LogP contribution in [-0.2, 0) is 11.3 Å². The molecule has 1 aromatic carbocycles. The number of nitrogens with zero attached hydrogens (tertiary/aromatic N) is 2. The van der Waals surface area contributed by atoms with Crippen LogP contribution >= 0.6 is 11.6 Å². The minimum absolute atomic E-state index is 0.0784. The molecule has 4 rings (SSSR count). The van der Waals surface area contributed by atoms with Gasteiger partial charge in [-0.2, -0.15) is 0 Å². The number of rotatable bonds is 5. The molecule has 2 amide bonds. The first-order valence-electron chi connectivity index (χ1n) is 8.92. The molecular weight excluding hydrogens is 382 g/mol. The predicted molar refractivity (Wildman–Crippen MR) is 105 cm³/mol. The molecule has 1 aliphatic rings. The molecule has 1 saturated heterocycles. The number of aromatic amines is 1. The maximum atomic E-state index is 12.0. The number of fused-ring (bicyclic) bond motifs is 1. The van der Waals surface area contributed by atoms with E-state index in [0.29, 0.717) is 36.4 Å². The Morgan fingerprint density at radius 3 is 2.96 bits per heavy atom. The summed E-state index contributed by atoms with van der Waals surface area (Å²) in [4.78, 5) is 23.8. The molecule has 0 spiro atoms. The zero-order valence-corrected chi connectivity index (χ0v) is 16.0. The Hall–Kier alpha value is -2.84. The van der Waals surface area contributed by atoms with Gasteiger partial charge >= 0.3 is 6.03 Å². The minimum Gasteiger partial charge on any atom is -0.480 e. The third kappa shape index (κ3) is 4.02. The highest BCUT2D eigenvalue weighted by molar-refractivity contribution is 6.34. The van der Waals surface area contributed by atoms with Gasteiger partial charge in [-0.1, -0.05) is 11.6 Å². The molecule has 0 aliphatic carbocycles. The lowest BCUT2D eigenvalue weighted by atomic mass is 10.1. The summed E-state index contributed by atoms with van der Waals surface area (Å²) in [6.45, 7) is 1.63. The van der Waals surface area contributed by atoms with E-state index < -0.39 is 0 Å². The smallest absolute Gasteiger partial charge is 0.315 e. The number of amides is 2. The molecule has 0 unspecified atom stereocenters. The molecule has 1 fully saturated rings. The van der Waals surface area contributed by atoms with E-state index in [0.717, 1.165) is 28.6 Å². The molecule has 0 saturated carbocycles. The van der Waals surface area contributed by atoms with Gasteiger partial charge in [-0.3, -0.25) is 0 Å². The maximum Gasteiger partial charge on any atom is 0.315 e. The van der Waals surface area contributed by atoms with Crippen LogP contribution in [-0.4, -0.2) is 47.3 Å². The van der Waals surface area contributed by atoms with Gasteiger partial charge in [0.25, 0.3) is 0 Å². The Balaban J connectivity index is 1.48. The summed E-state index contributed by atoms with van der Waals surface area (Å²) in [6, 6.07) is 5.63. The van der Waals surface area contributed by atoms with Crippen LogP contribution < -0.4 is 15.4 Å². The monoisotopic (exact) mass is 401 g/mol. The van der Waals surface area contributed by atoms with Gasteiger partial charge in [0.15, 0.2) is 0 Å². The summed E-state index contributed by atoms with van der Waals surface area (Å²) in [5, 5.41) is 7.28. The van der Waals surface area contributed by atoms with E-state index in [-0.39, 0.29) is 12.1 Å². The lowest BCUT2D eigenvalue weighted by Gasteiger charge is -2.11. The van der Waals surface area contributed by atoms with E-state index in [4.69, 9.17) is 21.1 Å². The van der Waals surface area contributed by atoms with Gasteiger partial charge in [0.2, 0.25) is 5.88 Å². The molecule has 1 aliphatic heterocycles. The molecule has 2 aromatic heterocycles. The summed E-state index contributed by atoms with van der Waals surface area (Å²) in [5.41, 5.74) is 3.20. The lowest BCUT2D eigenvalue weighted by Crippen LogP contribution is -2.42. The molecule has 146 valence electrons. The SMILES string of the molecule is COc1cnc(-c2cc3[nH]c(CNC(=O)N[C@@H]4CCOC4)cc3cc2Cl)cn1. The summed E-state index contributed by atoms with van der Waals surface area (Å²) >= 11 is 6.44. The van der Waals surface area contributed by atoms with Crippen molar-refractivity contribution in [1.82, 2.24) is 25.6 Å². The second-order valence-electron chi connectivity index (χ2n) is 6.55. The number of halogens is 1. The molecule has 3 N–H and O–H groups in total. The molecule has 28 heavy (non-hydrogen) atoms. The van der Waals surface area contributed by atoms with Crippen molar-refractivity contribution in [3.63, 3.8) is 0 Å². The number of aromatic nitrogens is 3. The highest BCUT2D eigenvalue weighted by Crippen LogP contribution is 2.31. The van der Waals surface area contributed by atoms with Gasteiger partial charge in [-0.15, -0.1) is 0 Å². The maximum absolute atomic E-state index is 12.0. The van der Waals surface area contributed by atoms with Crippen LogP contribution in [0.15, 0.2) is 30.6 Å². The number of hydrogen-bond acceptors (Lipinski definition) is 5. The van der Waals surface area contributed by atoms with E-state index in [2.05, 4.69) is 25.6 Å². The van der Waals surface area contributed by atoms with Crippen molar-refractivity contribution in [2.24, 2.45) is 0 Å². The summed E-state index contributed by atoms with van der Waals surface area (Å²) in [6.07, 6.45) is 4.01. The first-order valence-corrected chi connectivity index (χ1v) is 9.30. The van der Waals surface area contributed by atoms with Crippen molar-refractivity contribution in [3.05, 3.63) is 41.3 Å². The first kappa shape index (κ1) is 18.5. The van der Waals surface area contributed by atoms with Gasteiger partial charge in [0, 0.05) is 28.8 Å². The van der Waals surface area contributed by atoms with Crippen LogP contribution in [0.5, 0.6) is 5.88 Å². The van der Waals surface area contributed by atoms with E-state index >= 15 is 0 Å². The molecule has 3 heterocycles. The summed E-state index contributed by atoms with van der Waals surface area (Å²) in [5.74, 6) is 0.441. The normalized spacial score (nSPS) is 16.3. The predicted octanol–water partition coefficient (Wildman–Crippen LogP) is 2.88. The number of urea groups is 1. The fourth-order valence-corrected chi connectivity index (χ4v) is 3.39. The Bertz CT molecular complexity index is 983. The minimum atomic E-state index is -0.207. The second kappa shape index (κ2) is 8.04. The standard InChI is InChI=1S/C19H20ClN5O3/c1-27-18-9-21-17(8-22-18)14-6-16-11(5-15(14)20)4-13(24-16)7-23-19(26)25-12-2-3-28-10-12/h4-6,8-9,12,24H,2-3,7,10H2,1H3,(H2,23,25,26)/t12-/m1/s1. The molecule has 0 radical (unpaired) electrons. The number of ether oxygens (including phenoxy) is 2. The van der Waals surface area contributed by atoms with E-state index in [9.17, 15) is 4.79 Å². The average molecular weight is 402 g/mol. The van der Waals surface area contributed by atoms with Crippen molar-refractivity contribution in [2.75, 3.05) is 20.3 Å². The Kier molecular flexibility index (Phi) is 5.31. The largest absolute Gasteiger partial charge is 0.480 e. The van der Waals surface area contributed by atoms with Crippen molar-refractivity contribution in [2.45, 2.75) is 19.0 Å². The topological polar surface area (TPSA) is 101 Å². The van der Waals surface area contributed by atoms with Crippen molar-refractivity contribution in [1.29, 1.82) is 0 Å². The number of nitrogens with one attached hydrogen (secondary N) is 3. The highest BCUT2D eigenvalue weighted by Gasteiger charge is 2.17. The number of hydrogen-bond donors (Lipinski definition) is 3. The molecule has 8 nitrogen and oxygen atoms in total. The second-order valence-corrected chi connectivity index (χ2v) is 6.95. The fourth-order valence-electron chi connectivity index (χ4n) is 3.13. The Labute approximate surface area is 166 Å². The highest BCUT2D eigenvalue weighted by atomic mass is 35.5. The van der Waals surface area contributed by atoms with Gasteiger partial charge in [0.05, 0.1) is 49.4 Å². The van der Waals surface area contributed by atoms with Gasteiger partial charge in [0.1, 0.15) is 0 Å². The summed E-state index contributed by atoms with van der Waals surface area (Å²) in [7, 11) is 1.54. The molecule has 0 bridgehead atoms. The third-order valence-corrected chi connectivity index (χ3v) is 4.89. The summed E-state index contributed by atoms with van der Waals surface area (Å²) < 4.78 is 10.3. The average Bonchev–Trinajstić information content (AvgIpc) is 3.35. The first-order chi connectivity index (χ1) is 13.6. The van der Waals surface area contributed by atoms with E-state index in [1.165, 1.54) is 0 Å². The van der Waals surface area contributed by atoms with Gasteiger partial charge in [-0.25, -0.2) is 14.8 Å². The number of methoxy groups -OCH3 is 1. The number of carbonyl (C=O) groups is 1. The Morgan fingerprint density at radius 2 is 2.25 bits per heavy atom. The zero-order valence-electron chi connectivity index (χ0n) is 15.3. The molecule has 9 heteroatoms. The quantitative estimate of drug-likeness (QED) is 0.610.